The van der Waals surface area contributed by atoms with Crippen LogP contribution in [0, 0.1) is 11.8 Å². The van der Waals surface area contributed by atoms with E-state index in [0.717, 1.165) is 11.8 Å². The summed E-state index contributed by atoms with van der Waals surface area (Å²) in [7, 11) is 2.56. The van der Waals surface area contributed by atoms with Gasteiger partial charge >= 0.3 is 0 Å². The maximum absolute atomic E-state index is 1.56. The van der Waals surface area contributed by atoms with Crippen molar-refractivity contribution < 1.29 is 0 Å². The molecule has 0 aromatic rings. The van der Waals surface area contributed by atoms with Crippen LogP contribution < -0.4 is 0 Å². The minimum atomic E-state index is 1.12. The highest BCUT2D eigenvalue weighted by Gasteiger charge is 2.13. The van der Waals surface area contributed by atoms with Crippen LogP contribution in [0.25, 0.3) is 0 Å². The Morgan fingerprint density at radius 3 is 1.30 bits per heavy atom. The molecule has 2 aliphatic rings. The second-order valence-corrected chi connectivity index (χ2v) is 10.1. The zero-order chi connectivity index (χ0) is 13.9. The van der Waals surface area contributed by atoms with Gasteiger partial charge in [0.1, 0.15) is 0 Å². The summed E-state index contributed by atoms with van der Waals surface area (Å²) >= 11 is 0. The first kappa shape index (κ1) is 17.2. The molecule has 0 amide bonds. The molecular weight excluding hydrogens is 278 g/mol. The summed E-state index contributed by atoms with van der Waals surface area (Å²) in [5, 5.41) is 0. The normalized spacial score (nSPS) is 23.4. The van der Waals surface area contributed by atoms with Crippen molar-refractivity contribution >= 4 is 17.2 Å². The number of rotatable bonds is 9. The summed E-state index contributed by atoms with van der Waals surface area (Å²) in [5.74, 6) is 2.23. The van der Waals surface area contributed by atoms with Gasteiger partial charge in [0.2, 0.25) is 0 Å². The largest absolute Gasteiger partial charge is 0.122 e. The SMILES string of the molecule is C1CCC(CCPCCPCCC2CCCCC2)CC1. The molecule has 0 nitrogen and oxygen atoms in total. The Morgan fingerprint density at radius 1 is 0.500 bits per heavy atom. The molecule has 2 saturated carbocycles. The second kappa shape index (κ2) is 11.4. The molecule has 0 saturated heterocycles. The van der Waals surface area contributed by atoms with Crippen molar-refractivity contribution in [3.8, 4) is 0 Å². The van der Waals surface area contributed by atoms with Gasteiger partial charge < -0.3 is 0 Å². The van der Waals surface area contributed by atoms with E-state index in [-0.39, 0.29) is 0 Å². The van der Waals surface area contributed by atoms with Gasteiger partial charge in [-0.05, 0) is 49.3 Å². The topological polar surface area (TPSA) is 0 Å². The van der Waals surface area contributed by atoms with Gasteiger partial charge in [0.15, 0.2) is 0 Å². The number of hydrogen-bond acceptors (Lipinski definition) is 0. The lowest BCUT2D eigenvalue weighted by Crippen LogP contribution is -2.07. The van der Waals surface area contributed by atoms with Gasteiger partial charge in [-0.2, -0.15) is 0 Å². The molecule has 0 N–H and O–H groups in total. The summed E-state index contributed by atoms with van der Waals surface area (Å²) in [6, 6.07) is 0. The molecule has 2 unspecified atom stereocenters. The van der Waals surface area contributed by atoms with Crippen LogP contribution in [-0.4, -0.2) is 24.6 Å². The Hall–Kier alpha value is 0.860. The van der Waals surface area contributed by atoms with Gasteiger partial charge in [-0.25, -0.2) is 0 Å². The highest BCUT2D eigenvalue weighted by molar-refractivity contribution is 7.42. The Morgan fingerprint density at radius 2 is 0.900 bits per heavy atom. The first-order valence-corrected chi connectivity index (χ1v) is 12.2. The van der Waals surface area contributed by atoms with E-state index in [1.165, 1.54) is 55.7 Å². The smallest absolute Gasteiger partial charge is 0.0316 e. The zero-order valence-corrected chi connectivity index (χ0v) is 15.5. The van der Waals surface area contributed by atoms with Crippen molar-refractivity contribution in [2.24, 2.45) is 11.8 Å². The molecule has 0 aromatic carbocycles. The Kier molecular flexibility index (Phi) is 9.84. The second-order valence-electron chi connectivity index (χ2n) is 7.09. The Labute approximate surface area is 131 Å². The third-order valence-corrected chi connectivity index (χ3v) is 8.38. The molecule has 2 aliphatic carbocycles. The van der Waals surface area contributed by atoms with Crippen LogP contribution in [0.3, 0.4) is 0 Å². The number of hydrogen-bond donors (Lipinski definition) is 0. The Balaban J connectivity index is 1.33. The summed E-state index contributed by atoms with van der Waals surface area (Å²) < 4.78 is 0. The standard InChI is InChI=1S/C18H36P2/c1-3-7-17(8-4-1)11-13-19-15-16-20-14-12-18-9-5-2-6-10-18/h17-20H,1-16H2. The monoisotopic (exact) mass is 314 g/mol. The molecular formula is C18H36P2. The molecule has 0 heterocycles. The molecule has 2 fully saturated rings. The molecule has 118 valence electrons. The zero-order valence-electron chi connectivity index (χ0n) is 13.5. The van der Waals surface area contributed by atoms with Crippen molar-refractivity contribution in [2.45, 2.75) is 77.0 Å². The third kappa shape index (κ3) is 7.75. The predicted molar refractivity (Wildman–Crippen MR) is 98.5 cm³/mol. The molecule has 0 aliphatic heterocycles. The third-order valence-electron chi connectivity index (χ3n) is 5.39. The average Bonchev–Trinajstić information content (AvgIpc) is 2.52. The average molecular weight is 314 g/mol. The molecule has 2 heteroatoms. The molecule has 0 spiro atoms. The maximum atomic E-state index is 1.56. The molecule has 0 bridgehead atoms. The van der Waals surface area contributed by atoms with Crippen molar-refractivity contribution in [1.29, 1.82) is 0 Å². The van der Waals surface area contributed by atoms with Crippen LogP contribution in [0.5, 0.6) is 0 Å². The minimum absolute atomic E-state index is 1.12. The van der Waals surface area contributed by atoms with E-state index in [2.05, 4.69) is 0 Å². The maximum Gasteiger partial charge on any atom is -0.0316 e. The van der Waals surface area contributed by atoms with Gasteiger partial charge in [-0.1, -0.05) is 64.2 Å². The van der Waals surface area contributed by atoms with Gasteiger partial charge in [0.25, 0.3) is 0 Å². The summed E-state index contributed by atoms with van der Waals surface area (Å²) in [6.45, 7) is 0. The first-order valence-electron chi connectivity index (χ1n) is 9.36. The van der Waals surface area contributed by atoms with Crippen LogP contribution in [-0.2, 0) is 0 Å². The lowest BCUT2D eigenvalue weighted by molar-refractivity contribution is 0.351. The molecule has 0 radical (unpaired) electrons. The molecule has 20 heavy (non-hydrogen) atoms. The first-order chi connectivity index (χ1) is 9.95. The molecule has 2 rings (SSSR count). The van der Waals surface area contributed by atoms with E-state index < -0.39 is 0 Å². The Bertz CT molecular complexity index is 193. The van der Waals surface area contributed by atoms with Crippen molar-refractivity contribution in [1.82, 2.24) is 0 Å². The fraction of sp³-hybridized carbons (Fsp3) is 1.00. The fourth-order valence-corrected chi connectivity index (χ4v) is 7.13. The van der Waals surface area contributed by atoms with Gasteiger partial charge in [0, 0.05) is 0 Å². The van der Waals surface area contributed by atoms with E-state index in [1.54, 1.807) is 63.2 Å². The van der Waals surface area contributed by atoms with E-state index >= 15 is 0 Å². The van der Waals surface area contributed by atoms with Crippen LogP contribution in [0.4, 0.5) is 0 Å². The van der Waals surface area contributed by atoms with Crippen LogP contribution in [0.2, 0.25) is 0 Å². The highest BCUT2D eigenvalue weighted by atomic mass is 31.1. The molecule has 0 aromatic heterocycles. The summed E-state index contributed by atoms with van der Waals surface area (Å²) in [6.07, 6.45) is 24.7. The van der Waals surface area contributed by atoms with Crippen molar-refractivity contribution in [2.75, 3.05) is 24.6 Å². The van der Waals surface area contributed by atoms with Crippen LogP contribution >= 0.6 is 17.2 Å². The minimum Gasteiger partial charge on any atom is -0.122 e. The van der Waals surface area contributed by atoms with Gasteiger partial charge in [-0.3, -0.25) is 0 Å². The van der Waals surface area contributed by atoms with Crippen LogP contribution in [0.15, 0.2) is 0 Å². The van der Waals surface area contributed by atoms with Gasteiger partial charge in [0.05, 0.1) is 0 Å². The molecule has 2 atom stereocenters. The lowest BCUT2D eigenvalue weighted by Gasteiger charge is -2.21. The quantitative estimate of drug-likeness (QED) is 0.347. The summed E-state index contributed by atoms with van der Waals surface area (Å²) in [5.41, 5.74) is 0. The van der Waals surface area contributed by atoms with Gasteiger partial charge in [-0.15, -0.1) is 17.2 Å². The predicted octanol–water partition coefficient (Wildman–Crippen LogP) is 6.28. The van der Waals surface area contributed by atoms with Crippen molar-refractivity contribution in [3.05, 3.63) is 0 Å². The fourth-order valence-electron chi connectivity index (χ4n) is 3.99. The lowest BCUT2D eigenvalue weighted by atomic mass is 9.88. The van der Waals surface area contributed by atoms with E-state index in [4.69, 9.17) is 0 Å². The van der Waals surface area contributed by atoms with E-state index in [1.807, 2.05) is 0 Å². The van der Waals surface area contributed by atoms with Crippen molar-refractivity contribution in [3.63, 3.8) is 0 Å². The highest BCUT2D eigenvalue weighted by Crippen LogP contribution is 2.31. The van der Waals surface area contributed by atoms with Crippen LogP contribution in [0.1, 0.15) is 77.0 Å². The summed E-state index contributed by atoms with van der Waals surface area (Å²) in [4.78, 5) is 0. The van der Waals surface area contributed by atoms with E-state index in [9.17, 15) is 0 Å². The van der Waals surface area contributed by atoms with E-state index in [0.29, 0.717) is 0 Å².